The average molecular weight is 474 g/mol. The van der Waals surface area contributed by atoms with Gasteiger partial charge < -0.3 is 19.5 Å². The second-order valence-corrected chi connectivity index (χ2v) is 11.1. The molecule has 0 saturated heterocycles. The van der Waals surface area contributed by atoms with E-state index in [1.807, 2.05) is 6.07 Å². The van der Waals surface area contributed by atoms with Crippen molar-refractivity contribution in [3.05, 3.63) is 94.5 Å². The van der Waals surface area contributed by atoms with Gasteiger partial charge in [0.2, 0.25) is 0 Å². The summed E-state index contributed by atoms with van der Waals surface area (Å²) in [5, 5.41) is 3.53. The van der Waals surface area contributed by atoms with E-state index < -0.39 is 5.60 Å². The van der Waals surface area contributed by atoms with E-state index in [0.29, 0.717) is 6.61 Å². The molecule has 4 nitrogen and oxygen atoms in total. The summed E-state index contributed by atoms with van der Waals surface area (Å²) in [7, 11) is 1.75. The van der Waals surface area contributed by atoms with Crippen LogP contribution < -0.4 is 10.1 Å². The summed E-state index contributed by atoms with van der Waals surface area (Å²) >= 11 is 0. The van der Waals surface area contributed by atoms with Crippen molar-refractivity contribution in [2.75, 3.05) is 12.4 Å². The first-order valence-electron chi connectivity index (χ1n) is 12.4. The molecule has 4 rings (SSSR count). The van der Waals surface area contributed by atoms with Gasteiger partial charge in [-0.2, -0.15) is 0 Å². The predicted octanol–water partition coefficient (Wildman–Crippen LogP) is 7.35. The molecule has 2 atom stereocenters. The van der Waals surface area contributed by atoms with Gasteiger partial charge >= 0.3 is 0 Å². The molecule has 3 aromatic carbocycles. The Morgan fingerprint density at radius 2 is 1.57 bits per heavy atom. The summed E-state index contributed by atoms with van der Waals surface area (Å²) < 4.78 is 18.9. The van der Waals surface area contributed by atoms with E-state index in [2.05, 4.69) is 108 Å². The van der Waals surface area contributed by atoms with Gasteiger partial charge in [-0.05, 0) is 61.1 Å². The number of methoxy groups -OCH3 is 1. The van der Waals surface area contributed by atoms with Gasteiger partial charge in [-0.3, -0.25) is 0 Å². The third-order valence-electron chi connectivity index (χ3n) is 6.77. The Morgan fingerprint density at radius 3 is 2.20 bits per heavy atom. The second-order valence-electron chi connectivity index (χ2n) is 11.1. The minimum absolute atomic E-state index is 0.134. The zero-order chi connectivity index (χ0) is 25.2. The lowest BCUT2D eigenvalue weighted by Crippen LogP contribution is -2.50. The van der Waals surface area contributed by atoms with E-state index in [0.717, 1.165) is 29.1 Å². The van der Waals surface area contributed by atoms with Crippen molar-refractivity contribution >= 4 is 5.69 Å². The van der Waals surface area contributed by atoms with Crippen molar-refractivity contribution in [2.45, 2.75) is 77.9 Å². The maximum Gasteiger partial charge on any atom is 0.132 e. The van der Waals surface area contributed by atoms with Crippen LogP contribution in [0.2, 0.25) is 0 Å². The molecule has 35 heavy (non-hydrogen) atoms. The van der Waals surface area contributed by atoms with Crippen LogP contribution in [0.1, 0.15) is 68.5 Å². The van der Waals surface area contributed by atoms with E-state index in [1.165, 1.54) is 16.7 Å². The van der Waals surface area contributed by atoms with Crippen molar-refractivity contribution in [3.8, 4) is 5.75 Å². The molecule has 2 unspecified atom stereocenters. The second kappa shape index (κ2) is 10.0. The minimum Gasteiger partial charge on any atom is -0.485 e. The summed E-state index contributed by atoms with van der Waals surface area (Å²) in [6, 6.07) is 23.5. The summed E-state index contributed by atoms with van der Waals surface area (Å²) in [5.41, 5.74) is 6.61. The highest BCUT2D eigenvalue weighted by Gasteiger charge is 2.45. The van der Waals surface area contributed by atoms with Crippen molar-refractivity contribution in [1.82, 2.24) is 0 Å². The van der Waals surface area contributed by atoms with E-state index in [9.17, 15) is 0 Å². The van der Waals surface area contributed by atoms with Crippen LogP contribution in [0.25, 0.3) is 0 Å². The Morgan fingerprint density at radius 1 is 0.914 bits per heavy atom. The first kappa shape index (κ1) is 25.3. The molecule has 1 aliphatic rings. The van der Waals surface area contributed by atoms with Gasteiger partial charge in [-0.1, -0.05) is 74.9 Å². The Hall–Kier alpha value is -2.82. The third kappa shape index (κ3) is 5.88. The molecular formula is C31H39NO3. The quantitative estimate of drug-likeness (QED) is 0.389. The van der Waals surface area contributed by atoms with Crippen LogP contribution >= 0.6 is 0 Å². The summed E-state index contributed by atoms with van der Waals surface area (Å²) in [4.78, 5) is 0. The summed E-state index contributed by atoms with van der Waals surface area (Å²) in [5.74, 6) is 0.845. The lowest BCUT2D eigenvalue weighted by molar-refractivity contribution is -0.159. The summed E-state index contributed by atoms with van der Waals surface area (Å²) in [6.07, 6.45) is -0.488. The number of benzene rings is 3. The fourth-order valence-corrected chi connectivity index (χ4v) is 4.58. The smallest absolute Gasteiger partial charge is 0.132 e. The van der Waals surface area contributed by atoms with Gasteiger partial charge in [0, 0.05) is 24.9 Å². The number of anilines is 1. The van der Waals surface area contributed by atoms with E-state index in [1.54, 1.807) is 7.11 Å². The van der Waals surface area contributed by atoms with Gasteiger partial charge in [0.1, 0.15) is 23.6 Å². The normalized spacial score (nSPS) is 19.1. The van der Waals surface area contributed by atoms with Crippen LogP contribution in [0.4, 0.5) is 5.69 Å². The van der Waals surface area contributed by atoms with Crippen molar-refractivity contribution in [3.63, 3.8) is 0 Å². The molecule has 3 aromatic rings. The molecule has 0 aromatic heterocycles. The lowest BCUT2D eigenvalue weighted by Gasteiger charge is -2.44. The van der Waals surface area contributed by atoms with E-state index in [-0.39, 0.29) is 17.6 Å². The molecule has 0 amide bonds. The number of rotatable bonds is 7. The highest BCUT2D eigenvalue weighted by atomic mass is 16.6. The van der Waals surface area contributed by atoms with E-state index in [4.69, 9.17) is 14.2 Å². The average Bonchev–Trinajstić information content (AvgIpc) is 2.81. The molecule has 0 aliphatic carbocycles. The highest BCUT2D eigenvalue weighted by molar-refractivity contribution is 5.54. The van der Waals surface area contributed by atoms with Crippen LogP contribution in [0.5, 0.6) is 5.75 Å². The fraction of sp³-hybridized carbons (Fsp3) is 0.419. The largest absolute Gasteiger partial charge is 0.485 e. The molecule has 1 heterocycles. The van der Waals surface area contributed by atoms with Crippen molar-refractivity contribution < 1.29 is 14.2 Å². The topological polar surface area (TPSA) is 39.7 Å². The maximum absolute atomic E-state index is 6.48. The number of hydrogen-bond acceptors (Lipinski definition) is 4. The predicted molar refractivity (Wildman–Crippen MR) is 143 cm³/mol. The Bertz CT molecular complexity index is 1130. The molecule has 0 saturated carbocycles. The zero-order valence-corrected chi connectivity index (χ0v) is 22.1. The minimum atomic E-state index is -0.532. The van der Waals surface area contributed by atoms with E-state index >= 15 is 0 Å². The number of aryl methyl sites for hydroxylation is 1. The van der Waals surface area contributed by atoms with Crippen molar-refractivity contribution in [2.24, 2.45) is 0 Å². The SMILES string of the molecule is COC1c2cc(NCc3ccc(C)cc3)ccc2OC(C)(C)C1OCc1ccc(C(C)(C)C)cc1. The number of hydrogen-bond donors (Lipinski definition) is 1. The van der Waals surface area contributed by atoms with Crippen molar-refractivity contribution in [1.29, 1.82) is 0 Å². The van der Waals surface area contributed by atoms with Gasteiger partial charge in [0.25, 0.3) is 0 Å². The van der Waals surface area contributed by atoms with Gasteiger partial charge in [0.15, 0.2) is 0 Å². The Kier molecular flexibility index (Phi) is 7.25. The molecule has 186 valence electrons. The lowest BCUT2D eigenvalue weighted by atomic mass is 9.86. The molecular weight excluding hydrogens is 434 g/mol. The molecule has 0 radical (unpaired) electrons. The third-order valence-corrected chi connectivity index (χ3v) is 6.77. The molecule has 1 aliphatic heterocycles. The fourth-order valence-electron chi connectivity index (χ4n) is 4.58. The molecule has 0 fully saturated rings. The first-order chi connectivity index (χ1) is 16.6. The van der Waals surface area contributed by atoms with Crippen LogP contribution in [-0.2, 0) is 28.0 Å². The van der Waals surface area contributed by atoms with Crippen LogP contribution in [0.3, 0.4) is 0 Å². The van der Waals surface area contributed by atoms with Gasteiger partial charge in [-0.25, -0.2) is 0 Å². The monoisotopic (exact) mass is 473 g/mol. The highest BCUT2D eigenvalue weighted by Crippen LogP contribution is 2.44. The number of nitrogens with one attached hydrogen (secondary N) is 1. The van der Waals surface area contributed by atoms with Gasteiger partial charge in [-0.15, -0.1) is 0 Å². The van der Waals surface area contributed by atoms with Crippen LogP contribution in [0, 0.1) is 6.92 Å². The zero-order valence-electron chi connectivity index (χ0n) is 22.1. The maximum atomic E-state index is 6.48. The standard InChI is InChI=1S/C31H39NO3/c1-21-8-10-22(11-9-21)19-32-25-16-17-27-26(18-25)28(33-7)29(31(5,6)35-27)34-20-23-12-14-24(15-13-23)30(2,3)4/h8-18,28-29,32H,19-20H2,1-7H3. The molecule has 0 spiro atoms. The first-order valence-corrected chi connectivity index (χ1v) is 12.4. The van der Waals surface area contributed by atoms with Crippen LogP contribution in [0.15, 0.2) is 66.7 Å². The Labute approximate surface area is 210 Å². The number of ether oxygens (including phenoxy) is 3. The summed E-state index contributed by atoms with van der Waals surface area (Å²) in [6.45, 7) is 14.2. The molecule has 1 N–H and O–H groups in total. The van der Waals surface area contributed by atoms with Gasteiger partial charge in [0.05, 0.1) is 6.61 Å². The Balaban J connectivity index is 1.50. The number of fused-ring (bicyclic) bond motifs is 1. The van der Waals surface area contributed by atoms with Crippen LogP contribution in [-0.4, -0.2) is 18.8 Å². The molecule has 4 heteroatoms. The molecule has 0 bridgehead atoms.